The third-order valence-electron chi connectivity index (χ3n) is 3.99. The number of carbonyl (C=O) groups is 1. The van der Waals surface area contributed by atoms with Crippen LogP contribution >= 0.6 is 0 Å². The maximum absolute atomic E-state index is 14.2. The number of halogens is 1. The zero-order valence-electron chi connectivity index (χ0n) is 19.2. The number of benzene rings is 2. The first-order valence-corrected chi connectivity index (χ1v) is 10.5. The van der Waals surface area contributed by atoms with Crippen molar-refractivity contribution in [3.63, 3.8) is 0 Å². The molecule has 0 aromatic heterocycles. The largest absolute Gasteiger partial charge is 0.468 e. The predicted molar refractivity (Wildman–Crippen MR) is 118 cm³/mol. The summed E-state index contributed by atoms with van der Waals surface area (Å²) < 4.78 is 29.9. The molecule has 0 aliphatic rings. The Kier molecular flexibility index (Phi) is 13.7. The van der Waals surface area contributed by atoms with Gasteiger partial charge in [-0.05, 0) is 52.4 Å². The lowest BCUT2D eigenvalue weighted by atomic mass is 9.91. The number of aryl methyl sites for hydroxylation is 1. The lowest BCUT2D eigenvalue weighted by Crippen LogP contribution is -2.11. The van der Waals surface area contributed by atoms with E-state index in [-0.39, 0.29) is 37.7 Å². The van der Waals surface area contributed by atoms with Crippen molar-refractivity contribution in [1.82, 2.24) is 0 Å². The van der Waals surface area contributed by atoms with E-state index < -0.39 is 0 Å². The molecule has 5 heteroatoms. The van der Waals surface area contributed by atoms with Crippen molar-refractivity contribution in [1.29, 1.82) is 0 Å². The Labute approximate surface area is 175 Å². The van der Waals surface area contributed by atoms with Crippen molar-refractivity contribution in [2.45, 2.75) is 67.7 Å². The smallest absolute Gasteiger partial charge is 0.302 e. The minimum atomic E-state index is -0.334. The lowest BCUT2D eigenvalue weighted by molar-refractivity contribution is -0.143. The Morgan fingerprint density at radius 3 is 2.28 bits per heavy atom. The second-order valence-corrected chi connectivity index (χ2v) is 6.16. The minimum Gasteiger partial charge on any atom is -0.468 e. The van der Waals surface area contributed by atoms with E-state index in [0.717, 1.165) is 21.9 Å². The number of ether oxygens (including phenoxy) is 3. The SMILES string of the molecule is CC.CC.CCc1c(F)ccc2cc(OCOCCOC(C)=O)cc(C(C)C)c12. The summed E-state index contributed by atoms with van der Waals surface area (Å²) in [5.41, 5.74) is 1.80. The van der Waals surface area contributed by atoms with Crippen LogP contribution in [0.25, 0.3) is 10.8 Å². The topological polar surface area (TPSA) is 44.8 Å². The van der Waals surface area contributed by atoms with Gasteiger partial charge in [-0.15, -0.1) is 0 Å². The maximum atomic E-state index is 14.2. The summed E-state index contributed by atoms with van der Waals surface area (Å²) >= 11 is 0. The molecule has 29 heavy (non-hydrogen) atoms. The van der Waals surface area contributed by atoms with Crippen LogP contribution in [0.1, 0.15) is 72.4 Å². The number of hydrogen-bond acceptors (Lipinski definition) is 4. The first kappa shape index (κ1) is 26.9. The highest BCUT2D eigenvalue weighted by atomic mass is 19.1. The monoisotopic (exact) mass is 408 g/mol. The molecule has 0 heterocycles. The maximum Gasteiger partial charge on any atom is 0.302 e. The van der Waals surface area contributed by atoms with Crippen LogP contribution in [-0.4, -0.2) is 26.0 Å². The van der Waals surface area contributed by atoms with Crippen LogP contribution in [0.3, 0.4) is 0 Å². The average molecular weight is 409 g/mol. The van der Waals surface area contributed by atoms with Gasteiger partial charge in [-0.25, -0.2) is 4.39 Å². The van der Waals surface area contributed by atoms with E-state index in [9.17, 15) is 9.18 Å². The van der Waals surface area contributed by atoms with Gasteiger partial charge in [-0.2, -0.15) is 0 Å². The molecule has 0 amide bonds. The van der Waals surface area contributed by atoms with Crippen LogP contribution in [0.5, 0.6) is 5.75 Å². The Balaban J connectivity index is 0.00000184. The van der Waals surface area contributed by atoms with Crippen molar-refractivity contribution >= 4 is 16.7 Å². The summed E-state index contributed by atoms with van der Waals surface area (Å²) in [5, 5.41) is 1.93. The molecular weight excluding hydrogens is 371 g/mol. The van der Waals surface area contributed by atoms with E-state index in [4.69, 9.17) is 14.2 Å². The molecule has 0 saturated carbocycles. The van der Waals surface area contributed by atoms with Gasteiger partial charge in [0.15, 0.2) is 6.79 Å². The molecular formula is C24H37FO4. The van der Waals surface area contributed by atoms with Gasteiger partial charge < -0.3 is 14.2 Å². The molecule has 164 valence electrons. The summed E-state index contributed by atoms with van der Waals surface area (Å²) in [5.74, 6) is 0.416. The fourth-order valence-electron chi connectivity index (χ4n) is 2.82. The van der Waals surface area contributed by atoms with Gasteiger partial charge >= 0.3 is 5.97 Å². The van der Waals surface area contributed by atoms with Crippen LogP contribution in [0.2, 0.25) is 0 Å². The van der Waals surface area contributed by atoms with E-state index in [1.807, 2.05) is 46.8 Å². The van der Waals surface area contributed by atoms with Gasteiger partial charge in [-0.1, -0.05) is 54.5 Å². The lowest BCUT2D eigenvalue weighted by Gasteiger charge is -2.17. The summed E-state index contributed by atoms with van der Waals surface area (Å²) in [7, 11) is 0. The Bertz CT molecular complexity index is 741. The molecule has 0 radical (unpaired) electrons. The second-order valence-electron chi connectivity index (χ2n) is 6.16. The molecule has 0 spiro atoms. The Hall–Kier alpha value is -2.14. The summed E-state index contributed by atoms with van der Waals surface area (Å²) in [6.45, 7) is 16.0. The van der Waals surface area contributed by atoms with Crippen molar-refractivity contribution in [3.8, 4) is 5.75 Å². The van der Waals surface area contributed by atoms with E-state index in [1.54, 1.807) is 6.07 Å². The van der Waals surface area contributed by atoms with E-state index in [1.165, 1.54) is 13.0 Å². The third kappa shape index (κ3) is 8.40. The molecule has 0 fully saturated rings. The fraction of sp³-hybridized carbons (Fsp3) is 0.542. The molecule has 0 aliphatic heterocycles. The third-order valence-corrected chi connectivity index (χ3v) is 3.99. The van der Waals surface area contributed by atoms with Crippen molar-refractivity contribution in [2.75, 3.05) is 20.0 Å². The van der Waals surface area contributed by atoms with Crippen molar-refractivity contribution in [3.05, 3.63) is 41.2 Å². The molecule has 2 rings (SSSR count). The van der Waals surface area contributed by atoms with Gasteiger partial charge in [0.25, 0.3) is 0 Å². The van der Waals surface area contributed by atoms with Gasteiger partial charge in [0.1, 0.15) is 18.2 Å². The van der Waals surface area contributed by atoms with Gasteiger partial charge in [-0.3, -0.25) is 4.79 Å². The first-order chi connectivity index (χ1) is 13.9. The van der Waals surface area contributed by atoms with Crippen LogP contribution in [0.4, 0.5) is 4.39 Å². The molecule has 0 atom stereocenters. The summed E-state index contributed by atoms with van der Waals surface area (Å²) in [6.07, 6.45) is 0.641. The van der Waals surface area contributed by atoms with Crippen molar-refractivity contribution in [2.24, 2.45) is 0 Å². The van der Waals surface area contributed by atoms with Crippen LogP contribution in [0, 0.1) is 5.82 Å². The standard InChI is InChI=1S/C20H25FO4.2C2H6/c1-5-17-19(21)7-6-15-10-16(11-18(13(2)3)20(15)17)25-12-23-8-9-24-14(4)22;2*1-2/h6-7,10-11,13H,5,8-9,12H2,1-4H3;2*1-2H3. The fourth-order valence-corrected chi connectivity index (χ4v) is 2.82. The quantitative estimate of drug-likeness (QED) is 0.279. The van der Waals surface area contributed by atoms with E-state index in [2.05, 4.69) is 13.8 Å². The molecule has 0 unspecified atom stereocenters. The minimum absolute atomic E-state index is 0.0616. The summed E-state index contributed by atoms with van der Waals surface area (Å²) in [4.78, 5) is 10.7. The van der Waals surface area contributed by atoms with E-state index in [0.29, 0.717) is 12.2 Å². The van der Waals surface area contributed by atoms with Gasteiger partial charge in [0.05, 0.1) is 6.61 Å². The predicted octanol–water partition coefficient (Wildman–Crippen LogP) is 6.63. The first-order valence-electron chi connectivity index (χ1n) is 10.5. The molecule has 0 bridgehead atoms. The zero-order valence-corrected chi connectivity index (χ0v) is 19.2. The highest BCUT2D eigenvalue weighted by molar-refractivity contribution is 5.91. The normalized spacial score (nSPS) is 10.0. The van der Waals surface area contributed by atoms with Crippen LogP contribution < -0.4 is 4.74 Å². The number of rotatable bonds is 8. The number of esters is 1. The second kappa shape index (κ2) is 14.8. The average Bonchev–Trinajstić information content (AvgIpc) is 2.72. The number of hydrogen-bond donors (Lipinski definition) is 0. The molecule has 0 aliphatic carbocycles. The molecule has 4 nitrogen and oxygen atoms in total. The Morgan fingerprint density at radius 1 is 1.07 bits per heavy atom. The molecule has 0 N–H and O–H groups in total. The Morgan fingerprint density at radius 2 is 1.72 bits per heavy atom. The highest BCUT2D eigenvalue weighted by Gasteiger charge is 2.14. The molecule has 2 aromatic carbocycles. The summed E-state index contributed by atoms with van der Waals surface area (Å²) in [6, 6.07) is 7.13. The number of carbonyl (C=O) groups excluding carboxylic acids is 1. The van der Waals surface area contributed by atoms with E-state index >= 15 is 0 Å². The van der Waals surface area contributed by atoms with Crippen LogP contribution in [-0.2, 0) is 20.7 Å². The van der Waals surface area contributed by atoms with Gasteiger partial charge in [0.2, 0.25) is 0 Å². The van der Waals surface area contributed by atoms with Crippen molar-refractivity contribution < 1.29 is 23.4 Å². The highest BCUT2D eigenvalue weighted by Crippen LogP contribution is 2.34. The van der Waals surface area contributed by atoms with Crippen LogP contribution in [0.15, 0.2) is 24.3 Å². The molecule has 2 aromatic rings. The molecule has 0 saturated heterocycles. The zero-order chi connectivity index (χ0) is 22.4. The number of fused-ring (bicyclic) bond motifs is 1. The van der Waals surface area contributed by atoms with Gasteiger partial charge in [0, 0.05) is 6.92 Å².